The van der Waals surface area contributed by atoms with Crippen LogP contribution in [0.4, 0.5) is 0 Å². The highest BCUT2D eigenvalue weighted by molar-refractivity contribution is 5.96. The molecule has 3 rings (SSSR count). The van der Waals surface area contributed by atoms with Crippen molar-refractivity contribution in [3.63, 3.8) is 0 Å². The molecule has 0 bridgehead atoms. The SMILES string of the molecule is O=C(O)[C@H]1CCCCN1C(=O)c1ccc2nncn2c1. The van der Waals surface area contributed by atoms with E-state index in [1.54, 1.807) is 22.7 Å². The number of nitrogens with zero attached hydrogens (tertiary/aromatic N) is 4. The Morgan fingerprint density at radius 1 is 1.30 bits per heavy atom. The fraction of sp³-hybridized carbons (Fsp3) is 0.385. The minimum atomic E-state index is -0.941. The van der Waals surface area contributed by atoms with Gasteiger partial charge in [-0.2, -0.15) is 0 Å². The summed E-state index contributed by atoms with van der Waals surface area (Å²) < 4.78 is 1.65. The summed E-state index contributed by atoms with van der Waals surface area (Å²) in [4.78, 5) is 25.2. The number of carbonyl (C=O) groups is 2. The largest absolute Gasteiger partial charge is 0.480 e. The Bertz CT molecular complexity index is 666. The molecule has 0 spiro atoms. The Hall–Kier alpha value is -2.44. The van der Waals surface area contributed by atoms with Gasteiger partial charge in [-0.25, -0.2) is 4.79 Å². The Morgan fingerprint density at radius 3 is 2.95 bits per heavy atom. The van der Waals surface area contributed by atoms with Crippen LogP contribution in [0.3, 0.4) is 0 Å². The van der Waals surface area contributed by atoms with E-state index in [1.165, 1.54) is 11.2 Å². The van der Waals surface area contributed by atoms with Gasteiger partial charge in [0.1, 0.15) is 12.4 Å². The molecule has 1 N–H and O–H groups in total. The molecule has 0 unspecified atom stereocenters. The minimum Gasteiger partial charge on any atom is -0.480 e. The first-order valence-corrected chi connectivity index (χ1v) is 6.50. The second kappa shape index (κ2) is 4.92. The number of carboxylic acid groups (broad SMARTS) is 1. The van der Waals surface area contributed by atoms with Crippen molar-refractivity contribution >= 4 is 17.5 Å². The zero-order valence-electron chi connectivity index (χ0n) is 10.8. The van der Waals surface area contributed by atoms with Crippen LogP contribution in [-0.2, 0) is 4.79 Å². The molecule has 0 radical (unpaired) electrons. The van der Waals surface area contributed by atoms with Gasteiger partial charge < -0.3 is 10.0 Å². The summed E-state index contributed by atoms with van der Waals surface area (Å²) in [5, 5.41) is 16.8. The predicted molar refractivity (Wildman–Crippen MR) is 69.3 cm³/mol. The van der Waals surface area contributed by atoms with Crippen molar-refractivity contribution in [3.05, 3.63) is 30.2 Å². The number of aromatic nitrogens is 3. The Labute approximate surface area is 114 Å². The van der Waals surface area contributed by atoms with E-state index >= 15 is 0 Å². The first kappa shape index (κ1) is 12.6. The van der Waals surface area contributed by atoms with E-state index in [-0.39, 0.29) is 5.91 Å². The fourth-order valence-electron chi connectivity index (χ4n) is 2.55. The highest BCUT2D eigenvalue weighted by Gasteiger charge is 2.32. The average molecular weight is 274 g/mol. The lowest BCUT2D eigenvalue weighted by Crippen LogP contribution is -2.48. The van der Waals surface area contributed by atoms with Crippen LogP contribution in [0, 0.1) is 0 Å². The number of hydrogen-bond acceptors (Lipinski definition) is 4. The van der Waals surface area contributed by atoms with E-state index < -0.39 is 12.0 Å². The lowest BCUT2D eigenvalue weighted by molar-refractivity contribution is -0.143. The van der Waals surface area contributed by atoms with Gasteiger partial charge >= 0.3 is 5.97 Å². The van der Waals surface area contributed by atoms with E-state index in [9.17, 15) is 14.7 Å². The zero-order chi connectivity index (χ0) is 14.1. The van der Waals surface area contributed by atoms with Crippen molar-refractivity contribution in [2.75, 3.05) is 6.54 Å². The highest BCUT2D eigenvalue weighted by Crippen LogP contribution is 2.20. The molecule has 0 saturated carbocycles. The highest BCUT2D eigenvalue weighted by atomic mass is 16.4. The molecule has 1 aliphatic rings. The normalized spacial score (nSPS) is 19.2. The van der Waals surface area contributed by atoms with Crippen LogP contribution in [0.15, 0.2) is 24.7 Å². The number of carbonyl (C=O) groups excluding carboxylic acids is 1. The van der Waals surface area contributed by atoms with Crippen LogP contribution in [0.5, 0.6) is 0 Å². The minimum absolute atomic E-state index is 0.257. The van der Waals surface area contributed by atoms with Gasteiger partial charge in [-0.05, 0) is 31.4 Å². The van der Waals surface area contributed by atoms with Gasteiger partial charge in [0, 0.05) is 12.7 Å². The molecule has 7 nitrogen and oxygen atoms in total. The molecule has 2 aromatic rings. The molecule has 2 aromatic heterocycles. The van der Waals surface area contributed by atoms with Crippen molar-refractivity contribution in [2.24, 2.45) is 0 Å². The summed E-state index contributed by atoms with van der Waals surface area (Å²) in [5.41, 5.74) is 1.10. The maximum absolute atomic E-state index is 12.5. The molecule has 1 atom stereocenters. The van der Waals surface area contributed by atoms with Crippen LogP contribution in [0.2, 0.25) is 0 Å². The molecule has 3 heterocycles. The molecule has 104 valence electrons. The average Bonchev–Trinajstić information content (AvgIpc) is 2.93. The van der Waals surface area contributed by atoms with Crippen LogP contribution in [0.25, 0.3) is 5.65 Å². The number of fused-ring (bicyclic) bond motifs is 1. The molecular weight excluding hydrogens is 260 g/mol. The molecule has 1 fully saturated rings. The maximum Gasteiger partial charge on any atom is 0.326 e. The lowest BCUT2D eigenvalue weighted by Gasteiger charge is -2.32. The fourth-order valence-corrected chi connectivity index (χ4v) is 2.55. The molecule has 20 heavy (non-hydrogen) atoms. The Morgan fingerprint density at radius 2 is 2.15 bits per heavy atom. The molecule has 1 amide bonds. The number of hydrogen-bond donors (Lipinski definition) is 1. The van der Waals surface area contributed by atoms with Gasteiger partial charge in [0.2, 0.25) is 0 Å². The summed E-state index contributed by atoms with van der Waals surface area (Å²) in [6, 6.07) is 2.62. The quantitative estimate of drug-likeness (QED) is 0.875. The monoisotopic (exact) mass is 274 g/mol. The number of pyridine rings is 1. The van der Waals surface area contributed by atoms with Gasteiger partial charge in [-0.1, -0.05) is 0 Å². The second-order valence-electron chi connectivity index (χ2n) is 4.86. The van der Waals surface area contributed by atoms with Gasteiger partial charge in [-0.3, -0.25) is 9.20 Å². The molecule has 1 saturated heterocycles. The number of likely N-dealkylation sites (tertiary alicyclic amines) is 1. The summed E-state index contributed by atoms with van der Waals surface area (Å²) >= 11 is 0. The number of carboxylic acids is 1. The first-order chi connectivity index (χ1) is 9.66. The van der Waals surface area contributed by atoms with Crippen molar-refractivity contribution in [1.29, 1.82) is 0 Å². The number of rotatable bonds is 2. The molecular formula is C13H14N4O3. The maximum atomic E-state index is 12.5. The lowest BCUT2D eigenvalue weighted by atomic mass is 10.0. The molecule has 0 aromatic carbocycles. The third kappa shape index (κ3) is 2.11. The van der Waals surface area contributed by atoms with Crippen LogP contribution in [-0.4, -0.2) is 49.1 Å². The van der Waals surface area contributed by atoms with E-state index in [4.69, 9.17) is 0 Å². The van der Waals surface area contributed by atoms with Gasteiger partial charge in [0.05, 0.1) is 5.56 Å². The van der Waals surface area contributed by atoms with Crippen LogP contribution in [0.1, 0.15) is 29.6 Å². The summed E-state index contributed by atoms with van der Waals surface area (Å²) in [7, 11) is 0. The Kier molecular flexibility index (Phi) is 3.09. The van der Waals surface area contributed by atoms with E-state index in [2.05, 4.69) is 10.2 Å². The summed E-state index contributed by atoms with van der Waals surface area (Å²) in [5.74, 6) is -1.20. The van der Waals surface area contributed by atoms with Crippen molar-refractivity contribution in [3.8, 4) is 0 Å². The topological polar surface area (TPSA) is 87.8 Å². The third-order valence-electron chi connectivity index (χ3n) is 3.59. The van der Waals surface area contributed by atoms with Gasteiger partial charge in [0.25, 0.3) is 5.91 Å². The third-order valence-corrected chi connectivity index (χ3v) is 3.59. The number of amides is 1. The van der Waals surface area contributed by atoms with Gasteiger partial charge in [0.15, 0.2) is 5.65 Å². The van der Waals surface area contributed by atoms with Gasteiger partial charge in [-0.15, -0.1) is 10.2 Å². The van der Waals surface area contributed by atoms with Crippen molar-refractivity contribution in [1.82, 2.24) is 19.5 Å². The van der Waals surface area contributed by atoms with E-state index in [0.717, 1.165) is 12.8 Å². The van der Waals surface area contributed by atoms with E-state index in [0.29, 0.717) is 24.2 Å². The first-order valence-electron chi connectivity index (χ1n) is 6.50. The van der Waals surface area contributed by atoms with Crippen LogP contribution >= 0.6 is 0 Å². The summed E-state index contributed by atoms with van der Waals surface area (Å²) in [6.45, 7) is 0.482. The zero-order valence-corrected chi connectivity index (χ0v) is 10.8. The Balaban J connectivity index is 1.91. The smallest absolute Gasteiger partial charge is 0.326 e. The molecule has 7 heteroatoms. The van der Waals surface area contributed by atoms with E-state index in [1.807, 2.05) is 0 Å². The molecule has 1 aliphatic heterocycles. The number of aliphatic carboxylic acids is 1. The number of piperidine rings is 1. The van der Waals surface area contributed by atoms with Crippen molar-refractivity contribution < 1.29 is 14.7 Å². The van der Waals surface area contributed by atoms with Crippen LogP contribution < -0.4 is 0 Å². The summed E-state index contributed by atoms with van der Waals surface area (Å²) in [6.07, 6.45) is 5.33. The standard InChI is InChI=1S/C13H14N4O3/c18-12(17-6-2-1-3-10(17)13(19)20)9-4-5-11-15-14-8-16(11)7-9/h4-5,7-8,10H,1-3,6H2,(H,19,20)/t10-/m1/s1. The second-order valence-corrected chi connectivity index (χ2v) is 4.86. The molecule has 0 aliphatic carbocycles. The van der Waals surface area contributed by atoms with Crippen molar-refractivity contribution in [2.45, 2.75) is 25.3 Å². The predicted octanol–water partition coefficient (Wildman–Crippen LogP) is 0.809.